The Hall–Kier alpha value is -3.66. The van der Waals surface area contributed by atoms with Crippen molar-refractivity contribution >= 4 is 50.6 Å². The molecule has 16 heteroatoms. The van der Waals surface area contributed by atoms with Gasteiger partial charge < -0.3 is 15.2 Å². The number of carbonyl (C=O) groups excluding carboxylic acids is 2. The van der Waals surface area contributed by atoms with Gasteiger partial charge in [-0.1, -0.05) is 11.6 Å². The topological polar surface area (TPSA) is 199 Å². The van der Waals surface area contributed by atoms with Gasteiger partial charge in [0.25, 0.3) is 17.3 Å². The number of halogens is 1. The molecule has 2 aromatic carbocycles. The van der Waals surface area contributed by atoms with Crippen molar-refractivity contribution in [2.24, 2.45) is 0 Å². The van der Waals surface area contributed by atoms with Crippen molar-refractivity contribution in [2.75, 3.05) is 18.5 Å². The van der Waals surface area contributed by atoms with Crippen molar-refractivity contribution in [3.05, 3.63) is 67.7 Å². The number of anilines is 1. The lowest BCUT2D eigenvalue weighted by Gasteiger charge is -2.22. The van der Waals surface area contributed by atoms with Gasteiger partial charge in [0.15, 0.2) is 6.61 Å². The van der Waals surface area contributed by atoms with Gasteiger partial charge in [-0.25, -0.2) is 8.42 Å². The van der Waals surface area contributed by atoms with Crippen LogP contribution in [0, 0.1) is 20.2 Å². The average molecular weight is 529 g/mol. The first-order chi connectivity index (χ1) is 16.4. The van der Waals surface area contributed by atoms with Crippen molar-refractivity contribution in [3.8, 4) is 0 Å². The largest absolute Gasteiger partial charge is 0.454 e. The average Bonchev–Trinajstić information content (AvgIpc) is 3.21. The number of benzene rings is 2. The van der Waals surface area contributed by atoms with E-state index >= 15 is 0 Å². The van der Waals surface area contributed by atoms with E-state index in [1.54, 1.807) is 0 Å². The number of non-ortho nitro benzene ring substituents is 1. The van der Waals surface area contributed by atoms with Gasteiger partial charge >= 0.3 is 5.97 Å². The molecule has 1 saturated heterocycles. The highest BCUT2D eigenvalue weighted by molar-refractivity contribution is 7.89. The number of amides is 1. The van der Waals surface area contributed by atoms with E-state index in [2.05, 4.69) is 5.32 Å². The molecule has 14 nitrogen and oxygen atoms in total. The number of nitrogens with zero attached hydrogens (tertiary/aromatic N) is 3. The minimum Gasteiger partial charge on any atom is -0.454 e. The molecule has 35 heavy (non-hydrogen) atoms. The molecule has 1 heterocycles. The van der Waals surface area contributed by atoms with E-state index in [1.165, 1.54) is 12.1 Å². The molecule has 0 saturated carbocycles. The van der Waals surface area contributed by atoms with Crippen molar-refractivity contribution in [2.45, 2.75) is 23.5 Å². The number of carbonyl (C=O) groups is 2. The number of aliphatic hydroxyl groups is 1. The van der Waals surface area contributed by atoms with E-state index in [0.29, 0.717) is 4.31 Å². The fourth-order valence-electron chi connectivity index (χ4n) is 3.30. The Morgan fingerprint density at radius 1 is 1.14 bits per heavy atom. The summed E-state index contributed by atoms with van der Waals surface area (Å²) < 4.78 is 31.5. The van der Waals surface area contributed by atoms with Crippen LogP contribution >= 0.6 is 11.6 Å². The van der Waals surface area contributed by atoms with Gasteiger partial charge in [0.05, 0.1) is 20.8 Å². The predicted molar refractivity (Wildman–Crippen MR) is 119 cm³/mol. The number of hydrogen-bond acceptors (Lipinski definition) is 10. The van der Waals surface area contributed by atoms with Crippen molar-refractivity contribution < 1.29 is 37.7 Å². The van der Waals surface area contributed by atoms with Crippen molar-refractivity contribution in [3.63, 3.8) is 0 Å². The standard InChI is InChI=1S/C19H17ClN4O10S/c20-15-6-1-11(7-16(15)24(30)31)21-18(26)10-34-19(27)17-8-13(25)9-22(17)35(32,33)14-4-2-12(3-5-14)23(28)29/h1-7,13,17,25H,8-10H2,(H,21,26)/t13-,17-/m0/s1. The van der Waals surface area contributed by atoms with Gasteiger partial charge in [0.1, 0.15) is 11.1 Å². The zero-order valence-electron chi connectivity index (χ0n) is 17.6. The van der Waals surface area contributed by atoms with Gasteiger partial charge in [0, 0.05) is 36.9 Å². The maximum Gasteiger partial charge on any atom is 0.325 e. The highest BCUT2D eigenvalue weighted by Gasteiger charge is 2.44. The van der Waals surface area contributed by atoms with Crippen LogP contribution in [0.3, 0.4) is 0 Å². The normalized spacial score (nSPS) is 18.1. The zero-order chi connectivity index (χ0) is 25.9. The summed E-state index contributed by atoms with van der Waals surface area (Å²) >= 11 is 5.70. The fraction of sp³-hybridized carbons (Fsp3) is 0.263. The molecule has 1 aliphatic heterocycles. The summed E-state index contributed by atoms with van der Waals surface area (Å²) in [6.45, 7) is -1.27. The Labute approximate surface area is 202 Å². The fourth-order valence-corrected chi connectivity index (χ4v) is 5.11. The molecule has 2 atom stereocenters. The second kappa shape index (κ2) is 10.3. The molecule has 0 aliphatic carbocycles. The molecule has 186 valence electrons. The minimum atomic E-state index is -4.34. The SMILES string of the molecule is O=C(COC(=O)[C@@H]1C[C@H](O)CN1S(=O)(=O)c1ccc([N+](=O)[O-])cc1)Nc1ccc(Cl)c([N+](=O)[O-])c1. The van der Waals surface area contributed by atoms with Crippen LogP contribution in [0.25, 0.3) is 0 Å². The number of hydrogen-bond donors (Lipinski definition) is 2. The molecular formula is C19H17ClN4O10S. The molecule has 0 unspecified atom stereocenters. The quantitative estimate of drug-likeness (QED) is 0.287. The smallest absolute Gasteiger partial charge is 0.325 e. The summed E-state index contributed by atoms with van der Waals surface area (Å²) in [6, 6.07) is 6.01. The van der Waals surface area contributed by atoms with Gasteiger partial charge in [-0.05, 0) is 24.3 Å². The maximum absolute atomic E-state index is 13.0. The van der Waals surface area contributed by atoms with Crippen molar-refractivity contribution in [1.82, 2.24) is 4.31 Å². The van der Waals surface area contributed by atoms with Crippen LogP contribution < -0.4 is 5.32 Å². The number of sulfonamides is 1. The van der Waals surface area contributed by atoms with E-state index in [-0.39, 0.29) is 27.7 Å². The molecule has 2 aromatic rings. The molecular weight excluding hydrogens is 512 g/mol. The molecule has 0 radical (unpaired) electrons. The number of nitro groups is 2. The second-order valence-electron chi connectivity index (χ2n) is 7.31. The van der Waals surface area contributed by atoms with Gasteiger partial charge in [0.2, 0.25) is 10.0 Å². The van der Waals surface area contributed by atoms with Crippen LogP contribution in [0.4, 0.5) is 17.1 Å². The molecule has 0 spiro atoms. The molecule has 3 rings (SSSR count). The van der Waals surface area contributed by atoms with E-state index in [1.807, 2.05) is 0 Å². The third-order valence-electron chi connectivity index (χ3n) is 4.93. The number of esters is 1. The van der Waals surface area contributed by atoms with Crippen LogP contribution in [0.15, 0.2) is 47.4 Å². The Kier molecular flexibility index (Phi) is 7.64. The zero-order valence-corrected chi connectivity index (χ0v) is 19.1. The summed E-state index contributed by atoms with van der Waals surface area (Å²) in [4.78, 5) is 44.6. The number of β-amino-alcohol motifs (C(OH)–C–C–N with tert-alkyl or cyclic N) is 1. The summed E-state index contributed by atoms with van der Waals surface area (Å²) in [6.07, 6.45) is -1.49. The van der Waals surface area contributed by atoms with E-state index < -0.39 is 62.7 Å². The lowest BCUT2D eigenvalue weighted by molar-refractivity contribution is -0.385. The van der Waals surface area contributed by atoms with E-state index in [9.17, 15) is 43.3 Å². The Balaban J connectivity index is 1.68. The molecule has 1 aliphatic rings. The van der Waals surface area contributed by atoms with Crippen LogP contribution in [-0.4, -0.2) is 64.9 Å². The minimum absolute atomic E-state index is 0.0146. The predicted octanol–water partition coefficient (Wildman–Crippen LogP) is 1.46. The summed E-state index contributed by atoms with van der Waals surface area (Å²) in [5, 5.41) is 33.8. The summed E-state index contributed by atoms with van der Waals surface area (Å²) in [7, 11) is -4.34. The van der Waals surface area contributed by atoms with Gasteiger partial charge in [-0.2, -0.15) is 4.31 Å². The number of nitro benzene ring substituents is 2. The number of nitrogens with one attached hydrogen (secondary N) is 1. The Morgan fingerprint density at radius 3 is 2.40 bits per heavy atom. The van der Waals surface area contributed by atoms with Crippen LogP contribution in [-0.2, 0) is 24.3 Å². The van der Waals surface area contributed by atoms with Crippen LogP contribution in [0.5, 0.6) is 0 Å². The molecule has 0 aromatic heterocycles. The molecule has 0 bridgehead atoms. The monoisotopic (exact) mass is 528 g/mol. The first-order valence-electron chi connectivity index (χ1n) is 9.75. The lowest BCUT2D eigenvalue weighted by atomic mass is 10.2. The number of ether oxygens (including phenoxy) is 1. The van der Waals surface area contributed by atoms with Gasteiger partial charge in [-0.15, -0.1) is 0 Å². The van der Waals surface area contributed by atoms with Crippen LogP contribution in [0.2, 0.25) is 5.02 Å². The highest BCUT2D eigenvalue weighted by Crippen LogP contribution is 2.29. The summed E-state index contributed by atoms with van der Waals surface area (Å²) in [5.41, 5.74) is -0.771. The Bertz CT molecular complexity index is 1290. The van der Waals surface area contributed by atoms with E-state index in [4.69, 9.17) is 16.3 Å². The Morgan fingerprint density at radius 2 is 1.80 bits per heavy atom. The number of aliphatic hydroxyl groups excluding tert-OH is 1. The number of rotatable bonds is 8. The third-order valence-corrected chi connectivity index (χ3v) is 7.14. The first kappa shape index (κ1) is 26.0. The third kappa shape index (κ3) is 5.89. The molecule has 1 fully saturated rings. The highest BCUT2D eigenvalue weighted by atomic mass is 35.5. The second-order valence-corrected chi connectivity index (χ2v) is 9.61. The van der Waals surface area contributed by atoms with Gasteiger partial charge in [-0.3, -0.25) is 29.8 Å². The van der Waals surface area contributed by atoms with E-state index in [0.717, 1.165) is 30.3 Å². The molecule has 2 N–H and O–H groups in total. The maximum atomic E-state index is 13.0. The van der Waals surface area contributed by atoms with Crippen LogP contribution in [0.1, 0.15) is 6.42 Å². The lowest BCUT2D eigenvalue weighted by Crippen LogP contribution is -2.42. The summed E-state index contributed by atoms with van der Waals surface area (Å²) in [5.74, 6) is -1.97. The molecule has 1 amide bonds. The van der Waals surface area contributed by atoms with Crippen molar-refractivity contribution in [1.29, 1.82) is 0 Å². The first-order valence-corrected chi connectivity index (χ1v) is 11.6.